The largest absolute Gasteiger partial charge is 0.139 e. The average Bonchev–Trinajstić information content (AvgIpc) is 3.03. The third kappa shape index (κ3) is 3.56. The number of hydrogen-bond acceptors (Lipinski definition) is 2. The predicted molar refractivity (Wildman–Crippen MR) is 85.6 cm³/mol. The highest BCUT2D eigenvalue weighted by Gasteiger charge is 2.05. The summed E-state index contributed by atoms with van der Waals surface area (Å²) in [6, 6.07) is 8.90. The molecule has 0 bridgehead atoms. The monoisotopic (exact) mass is 276 g/mol. The predicted octanol–water partition coefficient (Wildman–Crippen LogP) is 6.24. The van der Waals surface area contributed by atoms with E-state index in [1.807, 2.05) is 28.7 Å². The fourth-order valence-electron chi connectivity index (χ4n) is 1.97. The summed E-state index contributed by atoms with van der Waals surface area (Å²) in [5.74, 6) is 0. The molecule has 96 valence electrons. The summed E-state index contributed by atoms with van der Waals surface area (Å²) in [6.45, 7) is 6.08. The molecule has 0 saturated carbocycles. The van der Waals surface area contributed by atoms with E-state index in [-0.39, 0.29) is 0 Å². The molecule has 2 aromatic heterocycles. The third-order valence-electron chi connectivity index (χ3n) is 3.01. The zero-order chi connectivity index (χ0) is 12.8. The van der Waals surface area contributed by atoms with Gasteiger partial charge in [0.25, 0.3) is 0 Å². The minimum Gasteiger partial charge on any atom is -0.139 e. The van der Waals surface area contributed by atoms with Gasteiger partial charge < -0.3 is 0 Å². The van der Waals surface area contributed by atoms with Crippen molar-refractivity contribution in [3.63, 3.8) is 0 Å². The maximum Gasteiger partial charge on any atom is 0.0449 e. The van der Waals surface area contributed by atoms with Crippen LogP contribution in [0.15, 0.2) is 30.8 Å². The zero-order valence-corrected chi connectivity index (χ0v) is 12.6. The molecule has 0 aromatic carbocycles. The van der Waals surface area contributed by atoms with E-state index in [2.05, 4.69) is 37.8 Å². The van der Waals surface area contributed by atoms with Gasteiger partial charge in [-0.05, 0) is 37.1 Å². The molecule has 0 spiro atoms. The van der Waals surface area contributed by atoms with Gasteiger partial charge in [-0.15, -0.1) is 22.7 Å². The normalized spacial score (nSPS) is 10.7. The van der Waals surface area contributed by atoms with Gasteiger partial charge in [-0.25, -0.2) is 0 Å². The van der Waals surface area contributed by atoms with Crippen LogP contribution in [0.2, 0.25) is 0 Å². The molecule has 2 rings (SSSR count). The Morgan fingerprint density at radius 1 is 1.00 bits per heavy atom. The van der Waals surface area contributed by atoms with E-state index >= 15 is 0 Å². The Morgan fingerprint density at radius 2 is 1.78 bits per heavy atom. The molecule has 2 heterocycles. The van der Waals surface area contributed by atoms with Crippen LogP contribution in [0.1, 0.15) is 42.4 Å². The second-order valence-corrected chi connectivity index (χ2v) is 6.77. The highest BCUT2D eigenvalue weighted by Crippen LogP contribution is 2.34. The number of aryl methyl sites for hydroxylation is 1. The second kappa shape index (κ2) is 6.91. The minimum absolute atomic E-state index is 1.24. The summed E-state index contributed by atoms with van der Waals surface area (Å²) < 4.78 is 0. The van der Waals surface area contributed by atoms with Crippen LogP contribution in [0.4, 0.5) is 0 Å². The molecule has 0 radical (unpaired) electrons. The van der Waals surface area contributed by atoms with Crippen molar-refractivity contribution < 1.29 is 0 Å². The highest BCUT2D eigenvalue weighted by molar-refractivity contribution is 7.22. The third-order valence-corrected chi connectivity index (χ3v) is 5.43. The smallest absolute Gasteiger partial charge is 0.0449 e. The maximum absolute atomic E-state index is 3.81. The first-order chi connectivity index (χ1) is 8.83. The molecule has 0 unspecified atom stereocenters. The Bertz CT molecular complexity index is 491. The van der Waals surface area contributed by atoms with Crippen molar-refractivity contribution in [1.82, 2.24) is 0 Å². The summed E-state index contributed by atoms with van der Waals surface area (Å²) >= 11 is 3.77. The van der Waals surface area contributed by atoms with Crippen LogP contribution >= 0.6 is 22.7 Å². The Kier molecular flexibility index (Phi) is 5.21. The lowest BCUT2D eigenvalue weighted by Crippen LogP contribution is -1.80. The molecule has 0 atom stereocenters. The van der Waals surface area contributed by atoms with Crippen LogP contribution in [-0.2, 0) is 6.42 Å². The fourth-order valence-corrected chi connectivity index (χ4v) is 3.96. The standard InChI is InChI=1S/C16H20S2/c1-3-5-6-7-8-14-10-12-16(18-14)15-11-9-13(4-2)17-15/h4,9-12H,2-3,5-8H2,1H3. The molecule has 0 nitrogen and oxygen atoms in total. The van der Waals surface area contributed by atoms with Crippen LogP contribution in [0.25, 0.3) is 15.8 Å². The van der Waals surface area contributed by atoms with E-state index < -0.39 is 0 Å². The summed E-state index contributed by atoms with van der Waals surface area (Å²) in [6.07, 6.45) is 8.54. The van der Waals surface area contributed by atoms with Gasteiger partial charge >= 0.3 is 0 Å². The van der Waals surface area contributed by atoms with Crippen molar-refractivity contribution in [3.8, 4) is 9.75 Å². The lowest BCUT2D eigenvalue weighted by molar-refractivity contribution is 0.670. The van der Waals surface area contributed by atoms with Gasteiger partial charge in [-0.3, -0.25) is 0 Å². The quantitative estimate of drug-likeness (QED) is 0.525. The van der Waals surface area contributed by atoms with E-state index in [9.17, 15) is 0 Å². The molecule has 2 heteroatoms. The average molecular weight is 276 g/mol. The minimum atomic E-state index is 1.24. The molecule has 2 aromatic rings. The van der Waals surface area contributed by atoms with Crippen molar-refractivity contribution in [3.05, 3.63) is 40.6 Å². The summed E-state index contributed by atoms with van der Waals surface area (Å²) in [4.78, 5) is 5.55. The van der Waals surface area contributed by atoms with Crippen molar-refractivity contribution in [2.24, 2.45) is 0 Å². The van der Waals surface area contributed by atoms with Gasteiger partial charge in [0.2, 0.25) is 0 Å². The van der Waals surface area contributed by atoms with Gasteiger partial charge in [0.15, 0.2) is 0 Å². The molecule has 0 N–H and O–H groups in total. The van der Waals surface area contributed by atoms with Crippen LogP contribution in [0, 0.1) is 0 Å². The van der Waals surface area contributed by atoms with Gasteiger partial charge in [0, 0.05) is 19.5 Å². The summed E-state index contributed by atoms with van der Waals surface area (Å²) in [5.41, 5.74) is 0. The van der Waals surface area contributed by atoms with E-state index in [4.69, 9.17) is 0 Å². The highest BCUT2D eigenvalue weighted by atomic mass is 32.1. The molecule has 0 aliphatic carbocycles. The van der Waals surface area contributed by atoms with Crippen molar-refractivity contribution in [2.45, 2.75) is 39.0 Å². The molecular weight excluding hydrogens is 256 g/mol. The van der Waals surface area contributed by atoms with Gasteiger partial charge in [-0.2, -0.15) is 0 Å². The molecule has 0 amide bonds. The second-order valence-electron chi connectivity index (χ2n) is 4.48. The molecule has 0 aliphatic rings. The molecular formula is C16H20S2. The topological polar surface area (TPSA) is 0 Å². The Labute approximate surface area is 118 Å². The molecule has 0 fully saturated rings. The van der Waals surface area contributed by atoms with Crippen LogP contribution in [-0.4, -0.2) is 0 Å². The first kappa shape index (κ1) is 13.6. The number of thiophene rings is 2. The number of unbranched alkanes of at least 4 members (excludes halogenated alkanes) is 3. The van der Waals surface area contributed by atoms with Crippen molar-refractivity contribution in [2.75, 3.05) is 0 Å². The van der Waals surface area contributed by atoms with Crippen molar-refractivity contribution >= 4 is 28.7 Å². The van der Waals surface area contributed by atoms with Gasteiger partial charge in [0.1, 0.15) is 0 Å². The van der Waals surface area contributed by atoms with E-state index in [1.54, 1.807) is 0 Å². The summed E-state index contributed by atoms with van der Waals surface area (Å²) in [7, 11) is 0. The van der Waals surface area contributed by atoms with E-state index in [0.717, 1.165) is 0 Å². The maximum atomic E-state index is 3.81. The fraction of sp³-hybridized carbons (Fsp3) is 0.375. The Morgan fingerprint density at radius 3 is 2.50 bits per heavy atom. The van der Waals surface area contributed by atoms with Crippen molar-refractivity contribution in [1.29, 1.82) is 0 Å². The number of rotatable bonds is 7. The number of hydrogen-bond donors (Lipinski definition) is 0. The lowest BCUT2D eigenvalue weighted by Gasteiger charge is -1.96. The zero-order valence-electron chi connectivity index (χ0n) is 10.9. The molecule has 0 saturated heterocycles. The first-order valence-corrected chi connectivity index (χ1v) is 8.28. The van der Waals surface area contributed by atoms with Crippen LogP contribution in [0.3, 0.4) is 0 Å². The molecule has 18 heavy (non-hydrogen) atoms. The Balaban J connectivity index is 1.95. The lowest BCUT2D eigenvalue weighted by atomic mass is 10.1. The summed E-state index contributed by atoms with van der Waals surface area (Å²) in [5, 5.41) is 0. The first-order valence-electron chi connectivity index (χ1n) is 6.65. The van der Waals surface area contributed by atoms with E-state index in [0.29, 0.717) is 0 Å². The van der Waals surface area contributed by atoms with Gasteiger partial charge in [0.05, 0.1) is 0 Å². The SMILES string of the molecule is C=Cc1ccc(-c2ccc(CCCCCC)s2)s1. The van der Waals surface area contributed by atoms with E-state index in [1.165, 1.54) is 51.6 Å². The molecule has 0 aliphatic heterocycles. The Hall–Kier alpha value is -0.860. The van der Waals surface area contributed by atoms with Gasteiger partial charge in [-0.1, -0.05) is 38.8 Å². The van der Waals surface area contributed by atoms with Crippen LogP contribution < -0.4 is 0 Å². The van der Waals surface area contributed by atoms with Crippen LogP contribution in [0.5, 0.6) is 0 Å².